The van der Waals surface area contributed by atoms with Gasteiger partial charge in [0.25, 0.3) is 15.9 Å². The molecule has 1 aromatic heterocycles. The fourth-order valence-corrected chi connectivity index (χ4v) is 4.37. The largest absolute Gasteiger partial charge is 0.497 e. The second-order valence-corrected chi connectivity index (χ2v) is 8.93. The molecule has 4 aromatic rings. The smallest absolute Gasteiger partial charge is 0.261 e. The highest BCUT2D eigenvalue weighted by atomic mass is 32.2. The SMILES string of the molecule is COc1ccc(NS(=O)(=O)c2ccc(C)c(C(=O)Nc3ccccc3-n3ccnc3)c2)cc1. The van der Waals surface area contributed by atoms with Gasteiger partial charge in [0.1, 0.15) is 5.75 Å². The fourth-order valence-electron chi connectivity index (χ4n) is 3.28. The maximum atomic E-state index is 13.1. The molecule has 168 valence electrons. The Morgan fingerprint density at radius 1 is 1.03 bits per heavy atom. The van der Waals surface area contributed by atoms with E-state index in [0.717, 1.165) is 5.69 Å². The normalized spacial score (nSPS) is 11.1. The van der Waals surface area contributed by atoms with Gasteiger partial charge in [-0.25, -0.2) is 13.4 Å². The van der Waals surface area contributed by atoms with E-state index in [1.807, 2.05) is 18.2 Å². The first kappa shape index (κ1) is 22.1. The van der Waals surface area contributed by atoms with E-state index in [0.29, 0.717) is 22.7 Å². The summed E-state index contributed by atoms with van der Waals surface area (Å²) in [7, 11) is -2.37. The lowest BCUT2D eigenvalue weighted by Crippen LogP contribution is -2.17. The van der Waals surface area contributed by atoms with E-state index < -0.39 is 15.9 Å². The highest BCUT2D eigenvalue weighted by molar-refractivity contribution is 7.92. The van der Waals surface area contributed by atoms with E-state index in [9.17, 15) is 13.2 Å². The molecule has 2 N–H and O–H groups in total. The zero-order valence-electron chi connectivity index (χ0n) is 18.0. The predicted octanol–water partition coefficient (Wildman–Crippen LogP) is 4.24. The van der Waals surface area contributed by atoms with Gasteiger partial charge in [0, 0.05) is 23.6 Å². The Balaban J connectivity index is 1.60. The van der Waals surface area contributed by atoms with Crippen molar-refractivity contribution in [2.24, 2.45) is 0 Å². The molecule has 0 spiro atoms. The first-order valence-corrected chi connectivity index (χ1v) is 11.5. The van der Waals surface area contributed by atoms with Crippen LogP contribution < -0.4 is 14.8 Å². The van der Waals surface area contributed by atoms with E-state index in [4.69, 9.17) is 4.74 Å². The lowest BCUT2D eigenvalue weighted by Gasteiger charge is -2.14. The molecule has 0 aliphatic heterocycles. The maximum Gasteiger partial charge on any atom is 0.261 e. The average Bonchev–Trinajstić information content (AvgIpc) is 3.34. The number of amides is 1. The minimum Gasteiger partial charge on any atom is -0.497 e. The molecule has 0 radical (unpaired) electrons. The molecule has 3 aromatic carbocycles. The van der Waals surface area contributed by atoms with Crippen molar-refractivity contribution in [2.45, 2.75) is 11.8 Å². The second-order valence-electron chi connectivity index (χ2n) is 7.25. The van der Waals surface area contributed by atoms with Crippen LogP contribution >= 0.6 is 0 Å². The van der Waals surface area contributed by atoms with Crippen LogP contribution in [0.1, 0.15) is 15.9 Å². The molecule has 0 aliphatic carbocycles. The summed E-state index contributed by atoms with van der Waals surface area (Å²) >= 11 is 0. The fraction of sp³-hybridized carbons (Fsp3) is 0.0833. The predicted molar refractivity (Wildman–Crippen MR) is 126 cm³/mol. The summed E-state index contributed by atoms with van der Waals surface area (Å²) in [6, 6.07) is 18.3. The van der Waals surface area contributed by atoms with Crippen molar-refractivity contribution in [3.63, 3.8) is 0 Å². The summed E-state index contributed by atoms with van der Waals surface area (Å²) in [6.45, 7) is 1.75. The molecule has 0 atom stereocenters. The number of carbonyl (C=O) groups excluding carboxylic acids is 1. The van der Waals surface area contributed by atoms with Crippen LogP contribution in [0.4, 0.5) is 11.4 Å². The first-order chi connectivity index (χ1) is 15.9. The number of aromatic nitrogens is 2. The number of nitrogens with zero attached hydrogens (tertiary/aromatic N) is 2. The van der Waals surface area contributed by atoms with Crippen LogP contribution in [0.5, 0.6) is 5.75 Å². The van der Waals surface area contributed by atoms with E-state index in [-0.39, 0.29) is 10.5 Å². The van der Waals surface area contributed by atoms with Crippen molar-refractivity contribution in [3.8, 4) is 11.4 Å². The molecule has 1 amide bonds. The van der Waals surface area contributed by atoms with Crippen LogP contribution in [0.2, 0.25) is 0 Å². The van der Waals surface area contributed by atoms with E-state index in [1.54, 1.807) is 66.6 Å². The minimum atomic E-state index is -3.91. The van der Waals surface area contributed by atoms with Gasteiger partial charge < -0.3 is 14.6 Å². The van der Waals surface area contributed by atoms with Crippen molar-refractivity contribution in [1.29, 1.82) is 0 Å². The molecule has 1 heterocycles. The van der Waals surface area contributed by atoms with E-state index >= 15 is 0 Å². The zero-order valence-corrected chi connectivity index (χ0v) is 18.8. The summed E-state index contributed by atoms with van der Waals surface area (Å²) in [5.41, 5.74) is 2.61. The molecular formula is C24H22N4O4S. The lowest BCUT2D eigenvalue weighted by atomic mass is 10.1. The zero-order chi connectivity index (χ0) is 23.4. The molecule has 9 heteroatoms. The Hall–Kier alpha value is -4.11. The lowest BCUT2D eigenvalue weighted by molar-refractivity contribution is 0.102. The van der Waals surface area contributed by atoms with Gasteiger partial charge in [0.15, 0.2) is 0 Å². The minimum absolute atomic E-state index is 0.0167. The number of para-hydroxylation sites is 2. The Bertz CT molecular complexity index is 1380. The number of nitrogens with one attached hydrogen (secondary N) is 2. The third kappa shape index (κ3) is 4.88. The van der Waals surface area contributed by atoms with Crippen LogP contribution in [0.15, 0.2) is 90.3 Å². The molecule has 0 saturated heterocycles. The first-order valence-electron chi connectivity index (χ1n) is 10.0. The molecule has 0 aliphatic rings. The number of methoxy groups -OCH3 is 1. The summed E-state index contributed by atoms with van der Waals surface area (Å²) in [5, 5.41) is 2.88. The Morgan fingerprint density at radius 2 is 1.79 bits per heavy atom. The highest BCUT2D eigenvalue weighted by Crippen LogP contribution is 2.24. The summed E-state index contributed by atoms with van der Waals surface area (Å²) in [4.78, 5) is 17.1. The quantitative estimate of drug-likeness (QED) is 0.428. The molecule has 8 nitrogen and oxygen atoms in total. The number of hydrogen-bond donors (Lipinski definition) is 2. The van der Waals surface area contributed by atoms with Crippen LogP contribution in [-0.2, 0) is 10.0 Å². The second kappa shape index (κ2) is 9.17. The van der Waals surface area contributed by atoms with Gasteiger partial charge in [-0.3, -0.25) is 9.52 Å². The van der Waals surface area contributed by atoms with Gasteiger partial charge in [-0.2, -0.15) is 0 Å². The Labute approximate surface area is 191 Å². The van der Waals surface area contributed by atoms with Crippen molar-refractivity contribution >= 4 is 27.3 Å². The number of hydrogen-bond acceptors (Lipinski definition) is 5. The number of anilines is 2. The number of ether oxygens (including phenoxy) is 1. The summed E-state index contributed by atoms with van der Waals surface area (Å²) < 4.78 is 35.2. The maximum absolute atomic E-state index is 13.1. The van der Waals surface area contributed by atoms with Crippen molar-refractivity contribution in [2.75, 3.05) is 17.1 Å². The van der Waals surface area contributed by atoms with Crippen molar-refractivity contribution in [3.05, 3.63) is 96.6 Å². The van der Waals surface area contributed by atoms with Gasteiger partial charge in [-0.1, -0.05) is 18.2 Å². The summed E-state index contributed by atoms with van der Waals surface area (Å²) in [6.07, 6.45) is 5.05. The van der Waals surface area contributed by atoms with Crippen molar-refractivity contribution < 1.29 is 17.9 Å². The average molecular weight is 463 g/mol. The molecule has 4 rings (SSSR count). The topological polar surface area (TPSA) is 102 Å². The molecule has 0 unspecified atom stereocenters. The number of sulfonamides is 1. The number of rotatable bonds is 7. The highest BCUT2D eigenvalue weighted by Gasteiger charge is 2.19. The van der Waals surface area contributed by atoms with Gasteiger partial charge in [0.05, 0.1) is 29.7 Å². The standard InChI is InChI=1S/C24H22N4O4S/c1-17-7-12-20(33(30,31)27-18-8-10-19(32-2)11-9-18)15-21(17)24(29)26-22-5-3-4-6-23(22)28-14-13-25-16-28/h3-16,27H,1-2H3,(H,26,29). The molecule has 33 heavy (non-hydrogen) atoms. The van der Waals surface area contributed by atoms with Crippen LogP contribution in [0.3, 0.4) is 0 Å². The van der Waals surface area contributed by atoms with Crippen LogP contribution in [0, 0.1) is 6.92 Å². The molecule has 0 fully saturated rings. The third-order valence-corrected chi connectivity index (χ3v) is 6.42. The van der Waals surface area contributed by atoms with Gasteiger partial charge >= 0.3 is 0 Å². The third-order valence-electron chi connectivity index (χ3n) is 5.04. The summed E-state index contributed by atoms with van der Waals surface area (Å²) in [5.74, 6) is 0.199. The number of imidazole rings is 1. The van der Waals surface area contributed by atoms with Crippen molar-refractivity contribution in [1.82, 2.24) is 9.55 Å². The number of aryl methyl sites for hydroxylation is 1. The molecular weight excluding hydrogens is 440 g/mol. The number of carbonyl (C=O) groups is 1. The monoisotopic (exact) mass is 462 g/mol. The Kier molecular flexibility index (Phi) is 6.14. The molecule has 0 bridgehead atoms. The molecule has 0 saturated carbocycles. The van der Waals surface area contributed by atoms with E-state index in [1.165, 1.54) is 19.2 Å². The Morgan fingerprint density at radius 3 is 2.48 bits per heavy atom. The van der Waals surface area contributed by atoms with Crippen LogP contribution in [-0.4, -0.2) is 31.0 Å². The van der Waals surface area contributed by atoms with E-state index in [2.05, 4.69) is 15.0 Å². The van der Waals surface area contributed by atoms with Gasteiger partial charge in [-0.15, -0.1) is 0 Å². The van der Waals surface area contributed by atoms with Gasteiger partial charge in [-0.05, 0) is 61.0 Å². The van der Waals surface area contributed by atoms with Gasteiger partial charge in [0.2, 0.25) is 0 Å². The van der Waals surface area contributed by atoms with Crippen LogP contribution in [0.25, 0.3) is 5.69 Å². The number of benzene rings is 3.